The third-order valence-corrected chi connectivity index (χ3v) is 4.79. The van der Waals surface area contributed by atoms with Crippen LogP contribution in [0.1, 0.15) is 37.7 Å². The summed E-state index contributed by atoms with van der Waals surface area (Å²) >= 11 is 0. The molecule has 2 N–H and O–H groups in total. The van der Waals surface area contributed by atoms with E-state index >= 15 is 0 Å². The van der Waals surface area contributed by atoms with Gasteiger partial charge in [-0.15, -0.1) is 0 Å². The second kappa shape index (κ2) is 8.84. The summed E-state index contributed by atoms with van der Waals surface area (Å²) in [5.74, 6) is -0.958. The number of carbonyl (C=O) groups is 1. The Morgan fingerprint density at radius 3 is 2.41 bits per heavy atom. The van der Waals surface area contributed by atoms with Gasteiger partial charge in [-0.05, 0) is 43.7 Å². The van der Waals surface area contributed by atoms with Gasteiger partial charge in [-0.3, -0.25) is 4.79 Å². The van der Waals surface area contributed by atoms with Gasteiger partial charge in [0, 0.05) is 30.7 Å². The highest BCUT2D eigenvalue weighted by molar-refractivity contribution is 5.76. The van der Waals surface area contributed by atoms with Crippen LogP contribution in [0.4, 0.5) is 8.78 Å². The Labute approximate surface area is 157 Å². The van der Waals surface area contributed by atoms with E-state index in [0.717, 1.165) is 24.5 Å². The van der Waals surface area contributed by atoms with Gasteiger partial charge in [-0.1, -0.05) is 18.2 Å². The number of aromatic hydroxyl groups is 1. The number of phenols is 1. The molecule has 0 atom stereocenters. The zero-order chi connectivity index (χ0) is 19.2. The number of phenolic OH excluding ortho intramolecular Hbond substituents is 1. The Morgan fingerprint density at radius 1 is 1.07 bits per heavy atom. The average molecular weight is 375 g/mol. The lowest BCUT2D eigenvalue weighted by Crippen LogP contribution is -2.39. The number of amides is 1. The summed E-state index contributed by atoms with van der Waals surface area (Å²) in [5, 5.41) is 12.8. The number of aryl methyl sites for hydroxylation is 1. The van der Waals surface area contributed by atoms with E-state index < -0.39 is 11.6 Å². The Morgan fingerprint density at radius 2 is 1.74 bits per heavy atom. The fourth-order valence-electron chi connectivity index (χ4n) is 3.38. The summed E-state index contributed by atoms with van der Waals surface area (Å²) in [5.41, 5.74) is 0.757. The van der Waals surface area contributed by atoms with Gasteiger partial charge in [-0.2, -0.15) is 0 Å². The number of rotatable bonds is 6. The first-order valence-electron chi connectivity index (χ1n) is 9.18. The predicted octanol–water partition coefficient (Wildman–Crippen LogP) is 4.11. The van der Waals surface area contributed by atoms with E-state index in [9.17, 15) is 18.7 Å². The zero-order valence-corrected chi connectivity index (χ0v) is 15.0. The molecule has 2 aromatic carbocycles. The van der Waals surface area contributed by atoms with E-state index in [4.69, 9.17) is 4.74 Å². The molecule has 0 aliphatic heterocycles. The molecule has 1 aliphatic carbocycles. The number of hydrogen-bond donors (Lipinski definition) is 2. The van der Waals surface area contributed by atoms with Gasteiger partial charge < -0.3 is 15.2 Å². The van der Waals surface area contributed by atoms with Crippen LogP contribution >= 0.6 is 0 Å². The largest absolute Gasteiger partial charge is 0.508 e. The van der Waals surface area contributed by atoms with Crippen LogP contribution in [0.2, 0.25) is 0 Å². The van der Waals surface area contributed by atoms with Crippen molar-refractivity contribution in [2.45, 2.75) is 50.7 Å². The van der Waals surface area contributed by atoms with Crippen molar-refractivity contribution < 1.29 is 23.4 Å². The molecule has 0 radical (unpaired) electrons. The number of benzene rings is 2. The van der Waals surface area contributed by atoms with Crippen LogP contribution in [-0.4, -0.2) is 23.2 Å². The Balaban J connectivity index is 1.41. The Bertz CT molecular complexity index is 768. The number of para-hydroxylation sites is 1. The first-order chi connectivity index (χ1) is 13.0. The normalized spacial score (nSPS) is 19.5. The van der Waals surface area contributed by atoms with Gasteiger partial charge in [0.1, 0.15) is 23.1 Å². The van der Waals surface area contributed by atoms with Crippen LogP contribution in [0.3, 0.4) is 0 Å². The Hall–Kier alpha value is -2.63. The number of ether oxygens (including phenoxy) is 1. The van der Waals surface area contributed by atoms with E-state index in [2.05, 4.69) is 5.32 Å². The summed E-state index contributed by atoms with van der Waals surface area (Å²) in [7, 11) is 0. The molecule has 0 aromatic heterocycles. The molecule has 6 heteroatoms. The summed E-state index contributed by atoms with van der Waals surface area (Å²) in [6, 6.07) is 10.2. The van der Waals surface area contributed by atoms with Gasteiger partial charge in [0.15, 0.2) is 0 Å². The number of hydrogen-bond acceptors (Lipinski definition) is 3. The van der Waals surface area contributed by atoms with Crippen molar-refractivity contribution in [2.75, 3.05) is 0 Å². The zero-order valence-electron chi connectivity index (χ0n) is 15.0. The lowest BCUT2D eigenvalue weighted by Gasteiger charge is -2.29. The first kappa shape index (κ1) is 19.1. The molecule has 1 amide bonds. The summed E-state index contributed by atoms with van der Waals surface area (Å²) < 4.78 is 32.1. The van der Waals surface area contributed by atoms with Crippen LogP contribution in [0.15, 0.2) is 42.5 Å². The molecular formula is C21H23F2NO3. The number of carbonyl (C=O) groups excluding carboxylic acids is 1. The second-order valence-corrected chi connectivity index (χ2v) is 6.89. The quantitative estimate of drug-likeness (QED) is 0.799. The van der Waals surface area contributed by atoms with Crippen LogP contribution in [0.5, 0.6) is 11.5 Å². The molecular weight excluding hydrogens is 352 g/mol. The maximum absolute atomic E-state index is 13.2. The van der Waals surface area contributed by atoms with Crippen LogP contribution < -0.4 is 10.1 Å². The van der Waals surface area contributed by atoms with Crippen LogP contribution in [0.25, 0.3) is 0 Å². The standard InChI is InChI=1S/C21H23F2NO3/c22-15-11-16(23)13-19(12-15)27-18-8-6-17(7-9-18)24-21(26)10-5-14-3-1-2-4-20(14)25/h1-4,11-13,17-18,25H,5-10H2,(H,24,26). The molecule has 0 spiro atoms. The molecule has 4 nitrogen and oxygen atoms in total. The molecule has 144 valence electrons. The van der Waals surface area contributed by atoms with E-state index in [1.165, 1.54) is 12.1 Å². The minimum Gasteiger partial charge on any atom is -0.508 e. The molecule has 2 aromatic rings. The van der Waals surface area contributed by atoms with Crippen molar-refractivity contribution in [3.63, 3.8) is 0 Å². The molecule has 1 saturated carbocycles. The van der Waals surface area contributed by atoms with Crippen molar-refractivity contribution in [1.82, 2.24) is 5.32 Å². The van der Waals surface area contributed by atoms with Crippen molar-refractivity contribution in [3.8, 4) is 11.5 Å². The fraction of sp³-hybridized carbons (Fsp3) is 0.381. The molecule has 3 rings (SSSR count). The lowest BCUT2D eigenvalue weighted by molar-refractivity contribution is -0.122. The number of nitrogens with one attached hydrogen (secondary N) is 1. The summed E-state index contributed by atoms with van der Waals surface area (Å²) in [4.78, 5) is 12.1. The predicted molar refractivity (Wildman–Crippen MR) is 97.6 cm³/mol. The topological polar surface area (TPSA) is 58.6 Å². The monoisotopic (exact) mass is 375 g/mol. The van der Waals surface area contributed by atoms with Gasteiger partial charge in [0.05, 0.1) is 6.10 Å². The van der Waals surface area contributed by atoms with Gasteiger partial charge in [-0.25, -0.2) is 8.78 Å². The summed E-state index contributed by atoms with van der Waals surface area (Å²) in [6.45, 7) is 0. The Kier molecular flexibility index (Phi) is 6.27. The highest BCUT2D eigenvalue weighted by atomic mass is 19.1. The molecule has 27 heavy (non-hydrogen) atoms. The highest BCUT2D eigenvalue weighted by Crippen LogP contribution is 2.25. The lowest BCUT2D eigenvalue weighted by atomic mass is 9.92. The maximum Gasteiger partial charge on any atom is 0.220 e. The smallest absolute Gasteiger partial charge is 0.220 e. The highest BCUT2D eigenvalue weighted by Gasteiger charge is 2.24. The number of halogens is 2. The van der Waals surface area contributed by atoms with Crippen molar-refractivity contribution in [1.29, 1.82) is 0 Å². The van der Waals surface area contributed by atoms with Crippen molar-refractivity contribution in [2.24, 2.45) is 0 Å². The minimum absolute atomic E-state index is 0.0465. The van der Waals surface area contributed by atoms with Crippen molar-refractivity contribution in [3.05, 3.63) is 59.7 Å². The molecule has 0 bridgehead atoms. The summed E-state index contributed by atoms with van der Waals surface area (Å²) in [6.07, 6.45) is 3.62. The molecule has 1 aliphatic rings. The minimum atomic E-state index is -0.657. The first-order valence-corrected chi connectivity index (χ1v) is 9.18. The molecule has 0 saturated heterocycles. The molecule has 0 heterocycles. The maximum atomic E-state index is 13.2. The van der Waals surface area contributed by atoms with Crippen LogP contribution in [-0.2, 0) is 11.2 Å². The van der Waals surface area contributed by atoms with Crippen LogP contribution in [0, 0.1) is 11.6 Å². The third-order valence-electron chi connectivity index (χ3n) is 4.79. The van der Waals surface area contributed by atoms with E-state index in [1.807, 2.05) is 6.07 Å². The SMILES string of the molecule is O=C(CCc1ccccc1O)NC1CCC(Oc2cc(F)cc(F)c2)CC1. The molecule has 0 unspecified atom stereocenters. The van der Waals surface area contributed by atoms with Gasteiger partial charge >= 0.3 is 0 Å². The van der Waals surface area contributed by atoms with E-state index in [1.54, 1.807) is 18.2 Å². The van der Waals surface area contributed by atoms with Crippen molar-refractivity contribution >= 4 is 5.91 Å². The fourth-order valence-corrected chi connectivity index (χ4v) is 3.38. The van der Waals surface area contributed by atoms with Gasteiger partial charge in [0.2, 0.25) is 5.91 Å². The second-order valence-electron chi connectivity index (χ2n) is 6.89. The third kappa shape index (κ3) is 5.67. The average Bonchev–Trinajstić information content (AvgIpc) is 2.62. The van der Waals surface area contributed by atoms with E-state index in [-0.39, 0.29) is 29.6 Å². The van der Waals surface area contributed by atoms with Gasteiger partial charge in [0.25, 0.3) is 0 Å². The van der Waals surface area contributed by atoms with E-state index in [0.29, 0.717) is 25.7 Å². The molecule has 1 fully saturated rings.